The standard InChI is InChI=1S/C27H27Cl2N3O2/c1-17-11-18(15-30)12-24-21(17)13-19(31(24)2)14-22-23(28)4-3-20(25(22)29)26(33)32-8-5-27(6-9-32)7-10-34-16-27/h3-4,11-13H,5-10,14,16H2,1-2H3. The minimum Gasteiger partial charge on any atom is -0.381 e. The lowest BCUT2D eigenvalue weighted by molar-refractivity contribution is 0.0533. The monoisotopic (exact) mass is 495 g/mol. The Labute approximate surface area is 209 Å². The number of nitriles is 1. The van der Waals surface area contributed by atoms with Gasteiger partial charge in [0.2, 0.25) is 0 Å². The third-order valence-corrected chi connectivity index (χ3v) is 8.45. The number of aromatic nitrogens is 1. The number of hydrogen-bond acceptors (Lipinski definition) is 3. The van der Waals surface area contributed by atoms with E-state index in [9.17, 15) is 10.1 Å². The number of benzene rings is 2. The minimum absolute atomic E-state index is 0.0387. The van der Waals surface area contributed by atoms with E-state index in [4.69, 9.17) is 27.9 Å². The van der Waals surface area contributed by atoms with Crippen molar-refractivity contribution >= 4 is 40.0 Å². The molecule has 2 aliphatic heterocycles. The van der Waals surface area contributed by atoms with Crippen LogP contribution in [0.25, 0.3) is 10.9 Å². The molecule has 0 saturated carbocycles. The molecule has 1 spiro atoms. The molecule has 0 unspecified atom stereocenters. The van der Waals surface area contributed by atoms with Gasteiger partial charge in [-0.3, -0.25) is 4.79 Å². The Bertz CT molecular complexity index is 1320. The minimum atomic E-state index is -0.0387. The largest absolute Gasteiger partial charge is 0.381 e. The fraction of sp³-hybridized carbons (Fsp3) is 0.407. The van der Waals surface area contributed by atoms with Crippen molar-refractivity contribution in [2.45, 2.75) is 32.6 Å². The van der Waals surface area contributed by atoms with E-state index < -0.39 is 0 Å². The number of aryl methyl sites for hydroxylation is 2. The highest BCUT2D eigenvalue weighted by Crippen LogP contribution is 2.40. The Morgan fingerprint density at radius 2 is 1.94 bits per heavy atom. The Hall–Kier alpha value is -2.52. The van der Waals surface area contributed by atoms with Gasteiger partial charge in [0.1, 0.15) is 0 Å². The zero-order chi connectivity index (χ0) is 24.0. The molecule has 0 bridgehead atoms. The van der Waals surface area contributed by atoms with Gasteiger partial charge in [-0.25, -0.2) is 0 Å². The lowest BCUT2D eigenvalue weighted by atomic mass is 9.78. The van der Waals surface area contributed by atoms with E-state index in [1.54, 1.807) is 12.1 Å². The molecule has 0 N–H and O–H groups in total. The Balaban J connectivity index is 1.43. The predicted octanol–water partition coefficient (Wildman–Crippen LogP) is 5.90. The maximum absolute atomic E-state index is 13.4. The fourth-order valence-corrected chi connectivity index (χ4v) is 5.99. The summed E-state index contributed by atoms with van der Waals surface area (Å²) >= 11 is 13.4. The molecule has 2 aliphatic rings. The summed E-state index contributed by atoms with van der Waals surface area (Å²) < 4.78 is 7.68. The SMILES string of the molecule is Cc1cc(C#N)cc2c1cc(Cc1c(Cl)ccc(C(=O)N3CCC4(CCOC4)CC3)c1Cl)n2C. The number of likely N-dealkylation sites (tertiary alicyclic amines) is 1. The number of rotatable bonds is 3. The van der Waals surface area contributed by atoms with Crippen LogP contribution in [0.5, 0.6) is 0 Å². The van der Waals surface area contributed by atoms with Gasteiger partial charge in [-0.1, -0.05) is 23.2 Å². The Morgan fingerprint density at radius 1 is 1.18 bits per heavy atom. The highest BCUT2D eigenvalue weighted by Gasteiger charge is 2.39. The summed E-state index contributed by atoms with van der Waals surface area (Å²) in [6.45, 7) is 5.08. The maximum atomic E-state index is 13.4. The van der Waals surface area contributed by atoms with Gasteiger partial charge < -0.3 is 14.2 Å². The van der Waals surface area contributed by atoms with Crippen LogP contribution < -0.4 is 0 Å². The summed E-state index contributed by atoms with van der Waals surface area (Å²) in [5.74, 6) is -0.0387. The van der Waals surface area contributed by atoms with Gasteiger partial charge in [-0.2, -0.15) is 5.26 Å². The van der Waals surface area contributed by atoms with Crippen LogP contribution in [-0.2, 0) is 18.2 Å². The number of piperidine rings is 1. The summed E-state index contributed by atoms with van der Waals surface area (Å²) in [5, 5.41) is 11.4. The van der Waals surface area contributed by atoms with Crippen LogP contribution in [0.2, 0.25) is 10.0 Å². The molecule has 2 fully saturated rings. The topological polar surface area (TPSA) is 58.3 Å². The number of halogens is 2. The lowest BCUT2D eigenvalue weighted by Gasteiger charge is -2.38. The van der Waals surface area contributed by atoms with Crippen LogP contribution >= 0.6 is 23.2 Å². The van der Waals surface area contributed by atoms with Gasteiger partial charge in [-0.05, 0) is 73.1 Å². The maximum Gasteiger partial charge on any atom is 0.255 e. The van der Waals surface area contributed by atoms with E-state index in [1.807, 2.05) is 31.0 Å². The third kappa shape index (κ3) is 3.98. The molecule has 3 aromatic rings. The second-order valence-electron chi connectivity index (χ2n) is 9.69. The van der Waals surface area contributed by atoms with E-state index in [0.717, 1.165) is 73.3 Å². The van der Waals surface area contributed by atoms with Crippen molar-refractivity contribution in [1.29, 1.82) is 5.26 Å². The fourth-order valence-electron chi connectivity index (χ4n) is 5.40. The molecule has 34 heavy (non-hydrogen) atoms. The third-order valence-electron chi connectivity index (χ3n) is 7.67. The predicted molar refractivity (Wildman–Crippen MR) is 135 cm³/mol. The first-order chi connectivity index (χ1) is 16.3. The van der Waals surface area contributed by atoms with E-state index >= 15 is 0 Å². The van der Waals surface area contributed by atoms with Gasteiger partial charge in [-0.15, -0.1) is 0 Å². The quantitative estimate of drug-likeness (QED) is 0.454. The molecule has 176 valence electrons. The van der Waals surface area contributed by atoms with E-state index in [-0.39, 0.29) is 11.3 Å². The summed E-state index contributed by atoms with van der Waals surface area (Å²) in [7, 11) is 1.98. The number of carbonyl (C=O) groups excluding carboxylic acids is 1. The number of hydrogen-bond donors (Lipinski definition) is 0. The normalized spacial score (nSPS) is 17.4. The van der Waals surface area contributed by atoms with Crippen molar-refractivity contribution in [1.82, 2.24) is 9.47 Å². The van der Waals surface area contributed by atoms with Crippen molar-refractivity contribution < 1.29 is 9.53 Å². The number of amides is 1. The van der Waals surface area contributed by atoms with Crippen LogP contribution in [-0.4, -0.2) is 41.7 Å². The molecule has 1 aromatic heterocycles. The number of fused-ring (bicyclic) bond motifs is 1. The summed E-state index contributed by atoms with van der Waals surface area (Å²) in [6, 6.07) is 11.6. The van der Waals surface area contributed by atoms with Crippen LogP contribution in [0, 0.1) is 23.7 Å². The van der Waals surface area contributed by atoms with Crippen LogP contribution in [0.1, 0.15) is 52.0 Å². The molecule has 3 heterocycles. The molecule has 1 amide bonds. The van der Waals surface area contributed by atoms with Crippen molar-refractivity contribution in [2.24, 2.45) is 12.5 Å². The molecule has 2 aromatic carbocycles. The molecule has 5 nitrogen and oxygen atoms in total. The van der Waals surface area contributed by atoms with Gasteiger partial charge in [0.15, 0.2) is 0 Å². The Kier molecular flexibility index (Phi) is 6.10. The van der Waals surface area contributed by atoms with E-state index in [1.165, 1.54) is 0 Å². The average molecular weight is 496 g/mol. The molecule has 2 saturated heterocycles. The van der Waals surface area contributed by atoms with Crippen molar-refractivity contribution in [3.8, 4) is 6.07 Å². The smallest absolute Gasteiger partial charge is 0.255 e. The van der Waals surface area contributed by atoms with Crippen molar-refractivity contribution in [2.75, 3.05) is 26.3 Å². The first-order valence-electron chi connectivity index (χ1n) is 11.6. The zero-order valence-electron chi connectivity index (χ0n) is 19.5. The van der Waals surface area contributed by atoms with Gasteiger partial charge in [0.25, 0.3) is 5.91 Å². The van der Waals surface area contributed by atoms with Crippen LogP contribution in [0.3, 0.4) is 0 Å². The number of nitrogens with zero attached hydrogens (tertiary/aromatic N) is 3. The molecule has 0 aliphatic carbocycles. The number of ether oxygens (including phenoxy) is 1. The zero-order valence-corrected chi connectivity index (χ0v) is 21.0. The van der Waals surface area contributed by atoms with Crippen molar-refractivity contribution in [3.05, 3.63) is 68.3 Å². The first kappa shape index (κ1) is 23.2. The molecule has 5 rings (SSSR count). The molecule has 0 radical (unpaired) electrons. The number of carbonyl (C=O) groups is 1. The highest BCUT2D eigenvalue weighted by atomic mass is 35.5. The van der Waals surface area contributed by atoms with Crippen LogP contribution in [0.15, 0.2) is 30.3 Å². The molecular weight excluding hydrogens is 469 g/mol. The summed E-state index contributed by atoms with van der Waals surface area (Å²) in [5.41, 5.74) is 5.18. The second-order valence-corrected chi connectivity index (χ2v) is 10.5. The average Bonchev–Trinajstić information content (AvgIpc) is 3.41. The highest BCUT2D eigenvalue weighted by molar-refractivity contribution is 6.38. The van der Waals surface area contributed by atoms with Gasteiger partial charge in [0, 0.05) is 54.8 Å². The first-order valence-corrected chi connectivity index (χ1v) is 12.4. The molecule has 7 heteroatoms. The Morgan fingerprint density at radius 3 is 2.62 bits per heavy atom. The second kappa shape index (κ2) is 8.92. The van der Waals surface area contributed by atoms with Gasteiger partial charge >= 0.3 is 0 Å². The molecule has 0 atom stereocenters. The van der Waals surface area contributed by atoms with Crippen LogP contribution in [0.4, 0.5) is 0 Å². The van der Waals surface area contributed by atoms with Crippen molar-refractivity contribution in [3.63, 3.8) is 0 Å². The van der Waals surface area contributed by atoms with E-state index in [2.05, 4.69) is 16.7 Å². The van der Waals surface area contributed by atoms with E-state index in [0.29, 0.717) is 27.6 Å². The summed E-state index contributed by atoms with van der Waals surface area (Å²) in [6.07, 6.45) is 3.51. The summed E-state index contributed by atoms with van der Waals surface area (Å²) in [4.78, 5) is 15.3. The lowest BCUT2D eigenvalue weighted by Crippen LogP contribution is -2.43. The van der Waals surface area contributed by atoms with Gasteiger partial charge in [0.05, 0.1) is 28.8 Å². The molecular formula is C27H27Cl2N3O2.